The van der Waals surface area contributed by atoms with Gasteiger partial charge in [-0.15, -0.1) is 0 Å². The van der Waals surface area contributed by atoms with E-state index in [4.69, 9.17) is 0 Å². The highest BCUT2D eigenvalue weighted by atomic mass is 16.2. The molecule has 0 bridgehead atoms. The lowest BCUT2D eigenvalue weighted by Gasteiger charge is -2.24. The Bertz CT molecular complexity index is 291. The van der Waals surface area contributed by atoms with Crippen molar-refractivity contribution in [2.24, 2.45) is 11.8 Å². The standard InChI is InChI=1S/C14H24N2O/c1-10-6-7-16(9-10)14(17)13-8-11-4-2-3-5-12(11)15-13/h10-13,15H,2-9H2,1H3. The van der Waals surface area contributed by atoms with Crippen LogP contribution >= 0.6 is 0 Å². The van der Waals surface area contributed by atoms with Gasteiger partial charge in [0.15, 0.2) is 0 Å². The number of likely N-dealkylation sites (tertiary alicyclic amines) is 1. The molecule has 3 aliphatic rings. The van der Waals surface area contributed by atoms with Crippen LogP contribution in [0.25, 0.3) is 0 Å². The number of fused-ring (bicyclic) bond motifs is 1. The third-order valence-corrected chi connectivity index (χ3v) is 4.90. The lowest BCUT2D eigenvalue weighted by molar-refractivity contribution is -0.132. The Balaban J connectivity index is 1.60. The third kappa shape index (κ3) is 2.22. The first-order valence-corrected chi connectivity index (χ1v) is 7.29. The molecule has 3 fully saturated rings. The molecule has 17 heavy (non-hydrogen) atoms. The lowest BCUT2D eigenvalue weighted by Crippen LogP contribution is -2.44. The van der Waals surface area contributed by atoms with Crippen molar-refractivity contribution in [3.63, 3.8) is 0 Å². The molecule has 1 aliphatic carbocycles. The Morgan fingerprint density at radius 3 is 2.76 bits per heavy atom. The molecule has 0 radical (unpaired) electrons. The fraction of sp³-hybridized carbons (Fsp3) is 0.929. The molecule has 3 heteroatoms. The van der Waals surface area contributed by atoms with Gasteiger partial charge in [-0.1, -0.05) is 19.8 Å². The van der Waals surface area contributed by atoms with E-state index in [9.17, 15) is 4.79 Å². The average Bonchev–Trinajstić information content (AvgIpc) is 2.93. The van der Waals surface area contributed by atoms with Crippen LogP contribution in [0.15, 0.2) is 0 Å². The summed E-state index contributed by atoms with van der Waals surface area (Å²) in [5, 5.41) is 3.59. The molecule has 2 heterocycles. The van der Waals surface area contributed by atoms with Gasteiger partial charge in [-0.2, -0.15) is 0 Å². The quantitative estimate of drug-likeness (QED) is 0.752. The summed E-state index contributed by atoms with van der Waals surface area (Å²) in [6, 6.07) is 0.770. The molecule has 0 aromatic carbocycles. The van der Waals surface area contributed by atoms with Crippen molar-refractivity contribution in [3.05, 3.63) is 0 Å². The molecular weight excluding hydrogens is 212 g/mol. The number of carbonyl (C=O) groups is 1. The minimum Gasteiger partial charge on any atom is -0.341 e. The van der Waals surface area contributed by atoms with Crippen LogP contribution in [0.4, 0.5) is 0 Å². The minimum atomic E-state index is 0.133. The van der Waals surface area contributed by atoms with Gasteiger partial charge in [0.05, 0.1) is 6.04 Å². The molecular formula is C14H24N2O. The largest absolute Gasteiger partial charge is 0.341 e. The Labute approximate surface area is 104 Å². The van der Waals surface area contributed by atoms with Crippen LogP contribution in [0.2, 0.25) is 0 Å². The Morgan fingerprint density at radius 2 is 2.06 bits per heavy atom. The van der Waals surface area contributed by atoms with Gasteiger partial charge in [0.1, 0.15) is 0 Å². The van der Waals surface area contributed by atoms with E-state index in [-0.39, 0.29) is 6.04 Å². The summed E-state index contributed by atoms with van der Waals surface area (Å²) < 4.78 is 0. The Kier molecular flexibility index (Phi) is 3.12. The molecule has 1 saturated carbocycles. The monoisotopic (exact) mass is 236 g/mol. The van der Waals surface area contributed by atoms with Crippen LogP contribution < -0.4 is 5.32 Å². The van der Waals surface area contributed by atoms with Gasteiger partial charge in [0.25, 0.3) is 0 Å². The maximum absolute atomic E-state index is 12.4. The van der Waals surface area contributed by atoms with Crippen LogP contribution in [-0.2, 0) is 4.79 Å². The van der Waals surface area contributed by atoms with Crippen molar-refractivity contribution in [2.75, 3.05) is 13.1 Å². The predicted molar refractivity (Wildman–Crippen MR) is 67.6 cm³/mol. The van der Waals surface area contributed by atoms with E-state index in [1.807, 2.05) is 0 Å². The zero-order valence-corrected chi connectivity index (χ0v) is 10.8. The van der Waals surface area contributed by atoms with E-state index in [0.29, 0.717) is 17.9 Å². The molecule has 4 atom stereocenters. The van der Waals surface area contributed by atoms with Gasteiger partial charge in [0.2, 0.25) is 5.91 Å². The molecule has 2 saturated heterocycles. The number of nitrogens with zero attached hydrogens (tertiary/aromatic N) is 1. The Hall–Kier alpha value is -0.570. The Morgan fingerprint density at radius 1 is 1.24 bits per heavy atom. The fourth-order valence-corrected chi connectivity index (χ4v) is 3.87. The van der Waals surface area contributed by atoms with Crippen molar-refractivity contribution in [1.82, 2.24) is 10.2 Å². The molecule has 0 aromatic heterocycles. The number of hydrogen-bond acceptors (Lipinski definition) is 2. The number of rotatable bonds is 1. The number of nitrogens with one attached hydrogen (secondary N) is 1. The maximum Gasteiger partial charge on any atom is 0.239 e. The summed E-state index contributed by atoms with van der Waals surface area (Å²) in [7, 11) is 0. The SMILES string of the molecule is CC1CCN(C(=O)C2CC3CCCCC3N2)C1. The van der Waals surface area contributed by atoms with Crippen molar-refractivity contribution in [2.45, 2.75) is 57.5 Å². The van der Waals surface area contributed by atoms with Crippen molar-refractivity contribution in [1.29, 1.82) is 0 Å². The minimum absolute atomic E-state index is 0.133. The highest BCUT2D eigenvalue weighted by molar-refractivity contribution is 5.82. The number of carbonyl (C=O) groups excluding carboxylic acids is 1. The second-order valence-corrected chi connectivity index (χ2v) is 6.28. The predicted octanol–water partition coefficient (Wildman–Crippen LogP) is 1.78. The zero-order chi connectivity index (χ0) is 11.8. The first-order chi connectivity index (χ1) is 8.24. The van der Waals surface area contributed by atoms with Crippen LogP contribution in [0, 0.1) is 11.8 Å². The maximum atomic E-state index is 12.4. The second kappa shape index (κ2) is 4.60. The van der Waals surface area contributed by atoms with Gasteiger partial charge in [0, 0.05) is 19.1 Å². The average molecular weight is 236 g/mol. The fourth-order valence-electron chi connectivity index (χ4n) is 3.87. The molecule has 2 aliphatic heterocycles. The third-order valence-electron chi connectivity index (χ3n) is 4.90. The topological polar surface area (TPSA) is 32.3 Å². The summed E-state index contributed by atoms with van der Waals surface area (Å²) in [4.78, 5) is 14.5. The first-order valence-electron chi connectivity index (χ1n) is 7.29. The van der Waals surface area contributed by atoms with E-state index in [0.717, 1.165) is 25.4 Å². The van der Waals surface area contributed by atoms with Crippen LogP contribution in [-0.4, -0.2) is 36.0 Å². The van der Waals surface area contributed by atoms with Crippen LogP contribution in [0.3, 0.4) is 0 Å². The molecule has 3 nitrogen and oxygen atoms in total. The smallest absolute Gasteiger partial charge is 0.239 e. The van der Waals surface area contributed by atoms with E-state index in [1.165, 1.54) is 32.1 Å². The van der Waals surface area contributed by atoms with Crippen LogP contribution in [0.1, 0.15) is 45.4 Å². The van der Waals surface area contributed by atoms with E-state index in [1.54, 1.807) is 0 Å². The van der Waals surface area contributed by atoms with Gasteiger partial charge in [-0.25, -0.2) is 0 Å². The summed E-state index contributed by atoms with van der Waals surface area (Å²) in [5.41, 5.74) is 0. The molecule has 3 rings (SSSR count). The second-order valence-electron chi connectivity index (χ2n) is 6.28. The number of amides is 1. The highest BCUT2D eigenvalue weighted by Crippen LogP contribution is 2.34. The zero-order valence-electron chi connectivity index (χ0n) is 10.8. The van der Waals surface area contributed by atoms with Crippen molar-refractivity contribution < 1.29 is 4.79 Å². The van der Waals surface area contributed by atoms with Gasteiger partial charge in [-0.05, 0) is 37.5 Å². The van der Waals surface area contributed by atoms with E-state index in [2.05, 4.69) is 17.1 Å². The molecule has 1 amide bonds. The van der Waals surface area contributed by atoms with Gasteiger partial charge >= 0.3 is 0 Å². The summed E-state index contributed by atoms with van der Waals surface area (Å²) in [6.07, 6.45) is 7.60. The number of hydrogen-bond donors (Lipinski definition) is 1. The lowest BCUT2D eigenvalue weighted by atomic mass is 9.85. The van der Waals surface area contributed by atoms with Gasteiger partial charge in [-0.3, -0.25) is 4.79 Å². The normalized spacial score (nSPS) is 41.6. The van der Waals surface area contributed by atoms with Crippen LogP contribution in [0.5, 0.6) is 0 Å². The first kappa shape index (κ1) is 11.5. The summed E-state index contributed by atoms with van der Waals surface area (Å²) >= 11 is 0. The molecule has 96 valence electrons. The molecule has 1 N–H and O–H groups in total. The molecule has 4 unspecified atom stereocenters. The summed E-state index contributed by atoms with van der Waals surface area (Å²) in [5.74, 6) is 1.85. The van der Waals surface area contributed by atoms with Crippen molar-refractivity contribution >= 4 is 5.91 Å². The highest BCUT2D eigenvalue weighted by Gasteiger charge is 2.40. The molecule has 0 spiro atoms. The van der Waals surface area contributed by atoms with Gasteiger partial charge < -0.3 is 10.2 Å². The summed E-state index contributed by atoms with van der Waals surface area (Å²) in [6.45, 7) is 4.20. The van der Waals surface area contributed by atoms with E-state index < -0.39 is 0 Å². The van der Waals surface area contributed by atoms with E-state index >= 15 is 0 Å². The van der Waals surface area contributed by atoms with Crippen molar-refractivity contribution in [3.8, 4) is 0 Å². The molecule has 0 aromatic rings.